The van der Waals surface area contributed by atoms with Crippen LogP contribution in [0.3, 0.4) is 0 Å². The lowest BCUT2D eigenvalue weighted by Gasteiger charge is -2.22. The number of aromatic nitrogens is 3. The second-order valence-corrected chi connectivity index (χ2v) is 6.69. The highest BCUT2D eigenvalue weighted by molar-refractivity contribution is 5.72. The van der Waals surface area contributed by atoms with Crippen LogP contribution in [0.4, 0.5) is 17.2 Å². The number of aliphatic hydroxyl groups is 1. The van der Waals surface area contributed by atoms with E-state index in [4.69, 9.17) is 4.98 Å². The van der Waals surface area contributed by atoms with Crippen molar-refractivity contribution in [1.29, 1.82) is 0 Å². The molecule has 0 unspecified atom stereocenters. The van der Waals surface area contributed by atoms with Crippen LogP contribution in [0, 0.1) is 0 Å². The molecule has 0 bridgehead atoms. The molecule has 0 atom stereocenters. The molecule has 0 spiro atoms. The van der Waals surface area contributed by atoms with E-state index in [0.29, 0.717) is 6.54 Å². The Bertz CT molecular complexity index is 901. The SMILES string of the molecule is CCCC/C=C/c1cn2ccnc2c(Nc2ccc(N(CC)CCO)cc2)n1. The number of anilines is 3. The summed E-state index contributed by atoms with van der Waals surface area (Å²) in [4.78, 5) is 11.3. The minimum absolute atomic E-state index is 0.147. The van der Waals surface area contributed by atoms with E-state index in [2.05, 4.69) is 53.3 Å². The number of fused-ring (bicyclic) bond motifs is 1. The van der Waals surface area contributed by atoms with Crippen LogP contribution in [0.5, 0.6) is 0 Å². The summed E-state index contributed by atoms with van der Waals surface area (Å²) in [6, 6.07) is 8.16. The molecule has 1 aromatic carbocycles. The van der Waals surface area contributed by atoms with Gasteiger partial charge in [0.25, 0.3) is 0 Å². The molecule has 0 aliphatic heterocycles. The number of imidazole rings is 1. The Hall–Kier alpha value is -2.86. The van der Waals surface area contributed by atoms with Crippen molar-refractivity contribution in [3.8, 4) is 0 Å². The molecule has 3 rings (SSSR count). The van der Waals surface area contributed by atoms with Crippen molar-refractivity contribution in [1.82, 2.24) is 14.4 Å². The third-order valence-corrected chi connectivity index (χ3v) is 4.65. The highest BCUT2D eigenvalue weighted by Crippen LogP contribution is 2.23. The summed E-state index contributed by atoms with van der Waals surface area (Å²) in [5.74, 6) is 0.734. The number of unbranched alkanes of at least 4 members (excludes halogenated alkanes) is 2. The fourth-order valence-electron chi connectivity index (χ4n) is 3.12. The van der Waals surface area contributed by atoms with Crippen LogP contribution in [0.2, 0.25) is 0 Å². The first-order valence-electron chi connectivity index (χ1n) is 9.98. The van der Waals surface area contributed by atoms with Crippen molar-refractivity contribution in [3.05, 3.63) is 54.6 Å². The van der Waals surface area contributed by atoms with Gasteiger partial charge in [0.1, 0.15) is 0 Å². The monoisotopic (exact) mass is 379 g/mol. The molecule has 3 aromatic rings. The van der Waals surface area contributed by atoms with Crippen molar-refractivity contribution in [2.75, 3.05) is 29.9 Å². The van der Waals surface area contributed by atoms with Crippen molar-refractivity contribution in [2.45, 2.75) is 33.1 Å². The number of likely N-dealkylation sites (N-methyl/N-ethyl adjacent to an activating group) is 1. The van der Waals surface area contributed by atoms with E-state index in [0.717, 1.165) is 41.5 Å². The van der Waals surface area contributed by atoms with Gasteiger partial charge in [0.2, 0.25) is 0 Å². The van der Waals surface area contributed by atoms with Crippen LogP contribution in [0.15, 0.2) is 48.9 Å². The summed E-state index contributed by atoms with van der Waals surface area (Å²) < 4.78 is 1.99. The normalized spacial score (nSPS) is 11.4. The fourth-order valence-corrected chi connectivity index (χ4v) is 3.12. The van der Waals surface area contributed by atoms with Gasteiger partial charge in [0.05, 0.1) is 12.3 Å². The highest BCUT2D eigenvalue weighted by Gasteiger charge is 2.08. The van der Waals surface area contributed by atoms with Gasteiger partial charge in [-0.3, -0.25) is 0 Å². The number of rotatable bonds is 10. The number of aliphatic hydroxyl groups excluding tert-OH is 1. The van der Waals surface area contributed by atoms with Crippen LogP contribution < -0.4 is 10.2 Å². The van der Waals surface area contributed by atoms with Gasteiger partial charge in [0.15, 0.2) is 11.5 Å². The molecule has 28 heavy (non-hydrogen) atoms. The van der Waals surface area contributed by atoms with E-state index in [9.17, 15) is 5.11 Å². The average Bonchev–Trinajstić information content (AvgIpc) is 3.19. The molecular formula is C22H29N5O. The Morgan fingerprint density at radius 3 is 2.75 bits per heavy atom. The average molecular weight is 380 g/mol. The fraction of sp³-hybridized carbons (Fsp3) is 0.364. The first kappa shape index (κ1) is 19.9. The number of nitrogens with one attached hydrogen (secondary N) is 1. The van der Waals surface area contributed by atoms with Crippen LogP contribution >= 0.6 is 0 Å². The number of allylic oxidation sites excluding steroid dienone is 1. The molecule has 2 heterocycles. The third-order valence-electron chi connectivity index (χ3n) is 4.65. The molecule has 0 aliphatic carbocycles. The van der Waals surface area contributed by atoms with Gasteiger partial charge >= 0.3 is 0 Å². The Morgan fingerprint density at radius 1 is 1.21 bits per heavy atom. The zero-order valence-electron chi connectivity index (χ0n) is 16.7. The Kier molecular flexibility index (Phi) is 7.03. The van der Waals surface area contributed by atoms with E-state index in [1.54, 1.807) is 6.20 Å². The molecular weight excluding hydrogens is 350 g/mol. The number of benzene rings is 1. The van der Waals surface area contributed by atoms with Gasteiger partial charge < -0.3 is 19.7 Å². The maximum absolute atomic E-state index is 9.20. The summed E-state index contributed by atoms with van der Waals surface area (Å²) in [6.07, 6.45) is 13.4. The van der Waals surface area contributed by atoms with Crippen LogP contribution in [-0.4, -0.2) is 39.2 Å². The Morgan fingerprint density at radius 2 is 2.04 bits per heavy atom. The third kappa shape index (κ3) is 4.89. The largest absolute Gasteiger partial charge is 0.395 e. The topological polar surface area (TPSA) is 65.7 Å². The van der Waals surface area contributed by atoms with E-state index in [1.165, 1.54) is 12.8 Å². The minimum Gasteiger partial charge on any atom is -0.395 e. The first-order chi connectivity index (χ1) is 13.7. The number of nitrogens with zero attached hydrogens (tertiary/aromatic N) is 4. The molecule has 0 aliphatic rings. The van der Waals surface area contributed by atoms with Crippen molar-refractivity contribution < 1.29 is 5.11 Å². The summed E-state index contributed by atoms with van der Waals surface area (Å²) in [5.41, 5.74) is 3.74. The maximum atomic E-state index is 9.20. The zero-order valence-corrected chi connectivity index (χ0v) is 16.7. The van der Waals surface area contributed by atoms with E-state index in [1.807, 2.05) is 28.9 Å². The molecule has 148 valence electrons. The van der Waals surface area contributed by atoms with Gasteiger partial charge in [-0.25, -0.2) is 9.97 Å². The molecule has 0 saturated carbocycles. The van der Waals surface area contributed by atoms with E-state index in [-0.39, 0.29) is 6.61 Å². The molecule has 0 saturated heterocycles. The zero-order chi connectivity index (χ0) is 19.8. The standard InChI is InChI=1S/C22H29N5O/c1-3-5-6-7-8-19-17-27-14-13-23-22(27)21(25-19)24-18-9-11-20(12-10-18)26(4-2)15-16-28/h7-14,17,28H,3-6,15-16H2,1-2H3,(H,24,25)/b8-7+. The Labute approximate surface area is 166 Å². The summed E-state index contributed by atoms with van der Waals surface area (Å²) >= 11 is 0. The van der Waals surface area contributed by atoms with Gasteiger partial charge in [-0.2, -0.15) is 0 Å². The van der Waals surface area contributed by atoms with Gasteiger partial charge in [-0.1, -0.05) is 25.8 Å². The van der Waals surface area contributed by atoms with Crippen LogP contribution in [-0.2, 0) is 0 Å². The van der Waals surface area contributed by atoms with E-state index >= 15 is 0 Å². The maximum Gasteiger partial charge on any atom is 0.180 e. The van der Waals surface area contributed by atoms with Crippen LogP contribution in [0.25, 0.3) is 11.7 Å². The summed E-state index contributed by atoms with van der Waals surface area (Å²) in [6.45, 7) is 5.91. The minimum atomic E-state index is 0.147. The summed E-state index contributed by atoms with van der Waals surface area (Å²) in [5, 5.41) is 12.6. The number of hydrogen-bond acceptors (Lipinski definition) is 5. The van der Waals surface area contributed by atoms with Crippen LogP contribution in [0.1, 0.15) is 38.8 Å². The van der Waals surface area contributed by atoms with Crippen molar-refractivity contribution in [2.24, 2.45) is 0 Å². The Balaban J connectivity index is 1.81. The van der Waals surface area contributed by atoms with E-state index < -0.39 is 0 Å². The molecule has 0 radical (unpaired) electrons. The lowest BCUT2D eigenvalue weighted by molar-refractivity contribution is 0.302. The molecule has 2 N–H and O–H groups in total. The van der Waals surface area contributed by atoms with Gasteiger partial charge in [-0.15, -0.1) is 0 Å². The molecule has 2 aromatic heterocycles. The smallest absolute Gasteiger partial charge is 0.180 e. The highest BCUT2D eigenvalue weighted by atomic mass is 16.3. The lowest BCUT2D eigenvalue weighted by Crippen LogP contribution is -2.25. The predicted molar refractivity (Wildman–Crippen MR) is 116 cm³/mol. The predicted octanol–water partition coefficient (Wildman–Crippen LogP) is 4.49. The van der Waals surface area contributed by atoms with Gasteiger partial charge in [-0.05, 0) is 43.7 Å². The second-order valence-electron chi connectivity index (χ2n) is 6.69. The molecule has 0 amide bonds. The first-order valence-corrected chi connectivity index (χ1v) is 9.98. The second kappa shape index (κ2) is 9.90. The van der Waals surface area contributed by atoms with Crippen molar-refractivity contribution >= 4 is 28.9 Å². The molecule has 6 nitrogen and oxygen atoms in total. The molecule has 6 heteroatoms. The molecule has 0 fully saturated rings. The quantitative estimate of drug-likeness (QED) is 0.508. The number of hydrogen-bond donors (Lipinski definition) is 2. The lowest BCUT2D eigenvalue weighted by atomic mass is 10.2. The summed E-state index contributed by atoms with van der Waals surface area (Å²) in [7, 11) is 0. The van der Waals surface area contributed by atoms with Gasteiger partial charge in [0, 0.05) is 43.1 Å². The van der Waals surface area contributed by atoms with Crippen molar-refractivity contribution in [3.63, 3.8) is 0 Å².